The Morgan fingerprint density at radius 1 is 1.44 bits per heavy atom. The lowest BCUT2D eigenvalue weighted by Gasteiger charge is -2.11. The first-order chi connectivity index (χ1) is 8.85. The molecule has 2 heterocycles. The smallest absolute Gasteiger partial charge is 0.143 e. The van der Waals surface area contributed by atoms with Crippen LogP contribution in [0.4, 0.5) is 0 Å². The summed E-state index contributed by atoms with van der Waals surface area (Å²) < 4.78 is 12.9. The minimum atomic E-state index is 0.407. The summed E-state index contributed by atoms with van der Waals surface area (Å²) in [6, 6.07) is 0. The first kappa shape index (κ1) is 14.0. The van der Waals surface area contributed by atoms with Gasteiger partial charge < -0.3 is 14.0 Å². The van der Waals surface area contributed by atoms with E-state index in [0.717, 1.165) is 43.0 Å². The van der Waals surface area contributed by atoms with Gasteiger partial charge in [0.05, 0.1) is 18.0 Å². The molecule has 0 saturated carbocycles. The van der Waals surface area contributed by atoms with Crippen LogP contribution in [0.25, 0.3) is 0 Å². The molecule has 0 aromatic carbocycles. The second-order valence-corrected chi connectivity index (χ2v) is 5.04. The van der Waals surface area contributed by atoms with Gasteiger partial charge >= 0.3 is 0 Å². The topological polar surface area (TPSA) is 49.2 Å². The lowest BCUT2D eigenvalue weighted by Crippen LogP contribution is -2.13. The van der Waals surface area contributed by atoms with Gasteiger partial charge in [-0.15, -0.1) is 10.2 Å². The number of aryl methyl sites for hydroxylation is 1. The van der Waals surface area contributed by atoms with E-state index in [-0.39, 0.29) is 0 Å². The number of halogens is 1. The molecular weight excluding hydrogens is 298 g/mol. The minimum absolute atomic E-state index is 0.407. The first-order valence-corrected chi connectivity index (χ1v) is 7.54. The highest BCUT2D eigenvalue weighted by molar-refractivity contribution is 9.08. The summed E-state index contributed by atoms with van der Waals surface area (Å²) in [5.41, 5.74) is 0. The van der Waals surface area contributed by atoms with Crippen LogP contribution in [-0.4, -0.2) is 41.2 Å². The van der Waals surface area contributed by atoms with Crippen molar-refractivity contribution in [3.05, 3.63) is 11.6 Å². The Balaban J connectivity index is 1.94. The Hall–Kier alpha value is -0.460. The van der Waals surface area contributed by atoms with E-state index in [4.69, 9.17) is 9.47 Å². The fourth-order valence-corrected chi connectivity index (χ4v) is 2.67. The SMILES string of the molecule is COCCn1c(CBr)nnc1CCC1CCCO1. The third-order valence-electron chi connectivity index (χ3n) is 3.26. The van der Waals surface area contributed by atoms with E-state index in [2.05, 4.69) is 30.7 Å². The molecule has 1 fully saturated rings. The largest absolute Gasteiger partial charge is 0.383 e. The van der Waals surface area contributed by atoms with Crippen molar-refractivity contribution >= 4 is 15.9 Å². The molecule has 18 heavy (non-hydrogen) atoms. The third kappa shape index (κ3) is 3.52. The summed E-state index contributed by atoms with van der Waals surface area (Å²) in [4.78, 5) is 0. The van der Waals surface area contributed by atoms with Crippen molar-refractivity contribution < 1.29 is 9.47 Å². The van der Waals surface area contributed by atoms with Crippen molar-refractivity contribution in [1.82, 2.24) is 14.8 Å². The lowest BCUT2D eigenvalue weighted by atomic mass is 10.1. The Morgan fingerprint density at radius 3 is 2.94 bits per heavy atom. The molecule has 0 aliphatic carbocycles. The zero-order valence-corrected chi connectivity index (χ0v) is 12.4. The number of methoxy groups -OCH3 is 1. The molecular formula is C12H20BrN3O2. The lowest BCUT2D eigenvalue weighted by molar-refractivity contribution is 0.103. The van der Waals surface area contributed by atoms with Crippen LogP contribution in [0.15, 0.2) is 0 Å². The minimum Gasteiger partial charge on any atom is -0.383 e. The maximum atomic E-state index is 5.64. The summed E-state index contributed by atoms with van der Waals surface area (Å²) in [7, 11) is 1.71. The average molecular weight is 318 g/mol. The van der Waals surface area contributed by atoms with Crippen LogP contribution in [0.2, 0.25) is 0 Å². The predicted octanol–water partition coefficient (Wildman–Crippen LogP) is 1.93. The molecule has 1 aromatic rings. The van der Waals surface area contributed by atoms with Gasteiger partial charge in [-0.2, -0.15) is 0 Å². The predicted molar refractivity (Wildman–Crippen MR) is 71.8 cm³/mol. The monoisotopic (exact) mass is 317 g/mol. The highest BCUT2D eigenvalue weighted by Crippen LogP contribution is 2.18. The van der Waals surface area contributed by atoms with E-state index in [9.17, 15) is 0 Å². The van der Waals surface area contributed by atoms with Crippen LogP contribution in [0, 0.1) is 0 Å². The van der Waals surface area contributed by atoms with Crippen LogP contribution < -0.4 is 0 Å². The molecule has 0 amide bonds. The van der Waals surface area contributed by atoms with Crippen LogP contribution in [0.3, 0.4) is 0 Å². The van der Waals surface area contributed by atoms with Crippen molar-refractivity contribution in [2.75, 3.05) is 20.3 Å². The average Bonchev–Trinajstić information content (AvgIpc) is 3.03. The molecule has 0 radical (unpaired) electrons. The summed E-state index contributed by atoms with van der Waals surface area (Å²) in [5.74, 6) is 2.01. The highest BCUT2D eigenvalue weighted by Gasteiger charge is 2.17. The van der Waals surface area contributed by atoms with Gasteiger partial charge in [0.2, 0.25) is 0 Å². The Kier molecular flexibility index (Phi) is 5.59. The molecule has 0 N–H and O–H groups in total. The summed E-state index contributed by atoms with van der Waals surface area (Å²) in [5, 5.41) is 9.20. The van der Waals surface area contributed by atoms with Gasteiger partial charge in [0.15, 0.2) is 0 Å². The number of rotatable bonds is 7. The standard InChI is InChI=1S/C12H20BrN3O2/c1-17-8-6-16-11(14-15-12(16)9-13)5-4-10-3-2-7-18-10/h10H,2-9H2,1H3. The van der Waals surface area contributed by atoms with Crippen molar-refractivity contribution in [2.45, 2.75) is 43.7 Å². The molecule has 1 atom stereocenters. The van der Waals surface area contributed by atoms with E-state index in [1.807, 2.05) is 0 Å². The fraction of sp³-hybridized carbons (Fsp3) is 0.833. The molecule has 102 valence electrons. The molecule has 1 aliphatic heterocycles. The Bertz CT molecular complexity index is 364. The van der Waals surface area contributed by atoms with Crippen LogP contribution in [0.1, 0.15) is 30.9 Å². The van der Waals surface area contributed by atoms with Crippen molar-refractivity contribution in [3.8, 4) is 0 Å². The zero-order chi connectivity index (χ0) is 12.8. The Morgan fingerprint density at radius 2 is 2.28 bits per heavy atom. The molecule has 0 bridgehead atoms. The number of aromatic nitrogens is 3. The van der Waals surface area contributed by atoms with Gasteiger partial charge in [0.1, 0.15) is 11.6 Å². The molecule has 2 rings (SSSR count). The molecule has 0 spiro atoms. The van der Waals surface area contributed by atoms with Gasteiger partial charge in [-0.25, -0.2) is 0 Å². The zero-order valence-electron chi connectivity index (χ0n) is 10.8. The van der Waals surface area contributed by atoms with Gasteiger partial charge in [-0.05, 0) is 19.3 Å². The molecule has 1 aliphatic rings. The number of hydrogen-bond acceptors (Lipinski definition) is 4. The van der Waals surface area contributed by atoms with Crippen LogP contribution in [-0.2, 0) is 27.8 Å². The van der Waals surface area contributed by atoms with E-state index in [1.54, 1.807) is 7.11 Å². The molecule has 5 nitrogen and oxygen atoms in total. The fourth-order valence-electron chi connectivity index (χ4n) is 2.26. The van der Waals surface area contributed by atoms with E-state index in [1.165, 1.54) is 12.8 Å². The van der Waals surface area contributed by atoms with E-state index < -0.39 is 0 Å². The van der Waals surface area contributed by atoms with Gasteiger partial charge in [0, 0.05) is 26.7 Å². The van der Waals surface area contributed by atoms with Gasteiger partial charge in [-0.1, -0.05) is 15.9 Å². The van der Waals surface area contributed by atoms with Crippen LogP contribution >= 0.6 is 15.9 Å². The van der Waals surface area contributed by atoms with E-state index >= 15 is 0 Å². The number of alkyl halides is 1. The maximum absolute atomic E-state index is 5.64. The van der Waals surface area contributed by atoms with Crippen molar-refractivity contribution in [3.63, 3.8) is 0 Å². The highest BCUT2D eigenvalue weighted by atomic mass is 79.9. The third-order valence-corrected chi connectivity index (χ3v) is 3.76. The van der Waals surface area contributed by atoms with Gasteiger partial charge in [-0.3, -0.25) is 0 Å². The molecule has 6 heteroatoms. The number of ether oxygens (including phenoxy) is 2. The first-order valence-electron chi connectivity index (χ1n) is 6.42. The summed E-state index contributed by atoms with van der Waals surface area (Å²) in [6.45, 7) is 2.41. The Labute approximate surface area is 116 Å². The summed E-state index contributed by atoms with van der Waals surface area (Å²) in [6.07, 6.45) is 4.73. The second kappa shape index (κ2) is 7.21. The molecule has 1 saturated heterocycles. The summed E-state index contributed by atoms with van der Waals surface area (Å²) >= 11 is 3.44. The van der Waals surface area contributed by atoms with Gasteiger partial charge in [0.25, 0.3) is 0 Å². The number of nitrogens with zero attached hydrogens (tertiary/aromatic N) is 3. The van der Waals surface area contributed by atoms with Crippen LogP contribution in [0.5, 0.6) is 0 Å². The molecule has 1 aromatic heterocycles. The van der Waals surface area contributed by atoms with Crippen molar-refractivity contribution in [2.24, 2.45) is 0 Å². The second-order valence-electron chi connectivity index (χ2n) is 4.48. The quantitative estimate of drug-likeness (QED) is 0.721. The van der Waals surface area contributed by atoms with Crippen molar-refractivity contribution in [1.29, 1.82) is 0 Å². The number of hydrogen-bond donors (Lipinski definition) is 0. The normalized spacial score (nSPS) is 19.6. The molecule has 1 unspecified atom stereocenters. The maximum Gasteiger partial charge on any atom is 0.143 e. The van der Waals surface area contributed by atoms with E-state index in [0.29, 0.717) is 12.7 Å².